The first-order valence-corrected chi connectivity index (χ1v) is 9.77. The molecule has 3 rings (SSSR count). The van der Waals surface area contributed by atoms with Gasteiger partial charge in [0.15, 0.2) is 0 Å². The van der Waals surface area contributed by atoms with E-state index in [2.05, 4.69) is 26.6 Å². The van der Waals surface area contributed by atoms with Crippen LogP contribution in [-0.4, -0.2) is 46.8 Å². The number of halogens is 1. The van der Waals surface area contributed by atoms with Crippen molar-refractivity contribution in [2.75, 3.05) is 11.9 Å². The fourth-order valence-electron chi connectivity index (χ4n) is 3.33. The van der Waals surface area contributed by atoms with E-state index in [1.807, 2.05) is 0 Å². The van der Waals surface area contributed by atoms with Crippen LogP contribution in [0.25, 0.3) is 0 Å². The molecule has 1 fully saturated rings. The highest BCUT2D eigenvalue weighted by atomic mass is 79.9. The smallest absolute Gasteiger partial charge is 0.325 e. The summed E-state index contributed by atoms with van der Waals surface area (Å²) in [7, 11) is 0. The Labute approximate surface area is 171 Å². The van der Waals surface area contributed by atoms with Crippen LogP contribution in [0.3, 0.4) is 0 Å². The molecule has 2 N–H and O–H groups in total. The Balaban J connectivity index is 1.79. The molecule has 9 heteroatoms. The summed E-state index contributed by atoms with van der Waals surface area (Å²) in [4.78, 5) is 49.9. The monoisotopic (exact) mass is 451 g/mol. The average Bonchev–Trinajstić information content (AvgIpc) is 2.88. The lowest BCUT2D eigenvalue weighted by atomic mass is 10.0. The Bertz CT molecular complexity index is 862. The Hall–Kier alpha value is -2.42. The molecule has 2 aliphatic rings. The summed E-state index contributed by atoms with van der Waals surface area (Å²) < 4.78 is 5.97. The molecule has 1 aromatic carbocycles. The van der Waals surface area contributed by atoms with Crippen molar-refractivity contribution in [2.45, 2.75) is 51.8 Å². The van der Waals surface area contributed by atoms with Gasteiger partial charge in [-0.1, -0.05) is 15.9 Å². The van der Waals surface area contributed by atoms with Crippen LogP contribution in [0.15, 0.2) is 16.6 Å². The van der Waals surface area contributed by atoms with E-state index in [1.165, 1.54) is 4.90 Å². The van der Waals surface area contributed by atoms with Crippen molar-refractivity contribution < 1.29 is 23.9 Å². The van der Waals surface area contributed by atoms with Crippen LogP contribution >= 0.6 is 15.9 Å². The van der Waals surface area contributed by atoms with Gasteiger partial charge in [-0.05, 0) is 39.3 Å². The van der Waals surface area contributed by atoms with E-state index in [9.17, 15) is 19.2 Å². The van der Waals surface area contributed by atoms with Gasteiger partial charge in [-0.15, -0.1) is 0 Å². The summed E-state index contributed by atoms with van der Waals surface area (Å²) in [5.74, 6) is -1.47. The maximum atomic E-state index is 12.9. The molecule has 28 heavy (non-hydrogen) atoms. The maximum absolute atomic E-state index is 12.9. The predicted octanol–water partition coefficient (Wildman–Crippen LogP) is 1.96. The van der Waals surface area contributed by atoms with Crippen molar-refractivity contribution in [1.29, 1.82) is 0 Å². The first-order valence-electron chi connectivity index (χ1n) is 8.98. The van der Waals surface area contributed by atoms with Gasteiger partial charge >= 0.3 is 5.97 Å². The Kier molecular flexibility index (Phi) is 5.47. The molecule has 1 saturated heterocycles. The zero-order valence-electron chi connectivity index (χ0n) is 15.9. The number of amides is 3. The van der Waals surface area contributed by atoms with E-state index >= 15 is 0 Å². The van der Waals surface area contributed by atoms with Crippen LogP contribution < -0.4 is 10.6 Å². The molecule has 0 spiro atoms. The largest absolute Gasteiger partial charge is 0.459 e. The number of fused-ring (bicyclic) bond motifs is 1. The number of imide groups is 1. The number of carbonyl (C=O) groups is 4. The quantitative estimate of drug-likeness (QED) is 0.535. The van der Waals surface area contributed by atoms with E-state index in [4.69, 9.17) is 4.74 Å². The normalized spacial score (nSPS) is 19.4. The lowest BCUT2D eigenvalue weighted by Crippen LogP contribution is -2.52. The van der Waals surface area contributed by atoms with Gasteiger partial charge in [-0.2, -0.15) is 0 Å². The SMILES string of the molecule is CC(C)(C)OC(=O)CNc1cc(Br)cc2c1CN(C1CCC(=O)NC1=O)C2=O. The number of benzene rings is 1. The number of anilines is 1. The van der Waals surface area contributed by atoms with Crippen LogP contribution in [0.1, 0.15) is 49.5 Å². The topological polar surface area (TPSA) is 105 Å². The maximum Gasteiger partial charge on any atom is 0.325 e. The van der Waals surface area contributed by atoms with Crippen LogP contribution in [-0.2, 0) is 25.7 Å². The zero-order chi connectivity index (χ0) is 20.6. The Morgan fingerprint density at radius 2 is 2.04 bits per heavy atom. The third kappa shape index (κ3) is 4.35. The van der Waals surface area contributed by atoms with Crippen LogP contribution in [0.4, 0.5) is 5.69 Å². The highest BCUT2D eigenvalue weighted by Crippen LogP contribution is 2.35. The Morgan fingerprint density at radius 3 is 2.68 bits per heavy atom. The van der Waals surface area contributed by atoms with Gasteiger partial charge in [0.2, 0.25) is 11.8 Å². The fraction of sp³-hybridized carbons (Fsp3) is 0.474. The van der Waals surface area contributed by atoms with Crippen molar-refractivity contribution in [3.8, 4) is 0 Å². The second-order valence-corrected chi connectivity index (χ2v) is 8.74. The van der Waals surface area contributed by atoms with Gasteiger partial charge in [0.1, 0.15) is 18.2 Å². The summed E-state index contributed by atoms with van der Waals surface area (Å²) in [6.07, 6.45) is 0.496. The van der Waals surface area contributed by atoms with Gasteiger partial charge in [0.05, 0.1) is 0 Å². The number of carbonyl (C=O) groups excluding carboxylic acids is 4. The molecular formula is C19H22BrN3O5. The summed E-state index contributed by atoms with van der Waals surface area (Å²) >= 11 is 3.38. The van der Waals surface area contributed by atoms with Crippen LogP contribution in [0.2, 0.25) is 0 Å². The number of esters is 1. The third-order valence-electron chi connectivity index (χ3n) is 4.46. The highest BCUT2D eigenvalue weighted by Gasteiger charge is 2.40. The number of hydrogen-bond donors (Lipinski definition) is 2. The van der Waals surface area contributed by atoms with E-state index in [0.29, 0.717) is 27.7 Å². The molecule has 150 valence electrons. The number of piperidine rings is 1. The van der Waals surface area contributed by atoms with Crippen molar-refractivity contribution in [1.82, 2.24) is 10.2 Å². The minimum Gasteiger partial charge on any atom is -0.459 e. The lowest BCUT2D eigenvalue weighted by molar-refractivity contribution is -0.152. The van der Waals surface area contributed by atoms with Crippen LogP contribution in [0.5, 0.6) is 0 Å². The molecule has 1 atom stereocenters. The fourth-order valence-corrected chi connectivity index (χ4v) is 3.79. The summed E-state index contributed by atoms with van der Waals surface area (Å²) in [5.41, 5.74) is 1.21. The average molecular weight is 452 g/mol. The standard InChI is InChI=1S/C19H22BrN3O5/c1-19(2,3)28-16(25)8-21-13-7-10(20)6-11-12(13)9-23(18(11)27)14-4-5-15(24)22-17(14)26/h6-7,14,21H,4-5,8-9H2,1-3H3,(H,22,24,26). The molecule has 0 aromatic heterocycles. The molecule has 8 nitrogen and oxygen atoms in total. The highest BCUT2D eigenvalue weighted by molar-refractivity contribution is 9.10. The molecule has 2 aliphatic heterocycles. The van der Waals surface area contributed by atoms with E-state index in [1.54, 1.807) is 32.9 Å². The van der Waals surface area contributed by atoms with Gasteiger partial charge in [-0.25, -0.2) is 0 Å². The molecule has 0 aliphatic carbocycles. The summed E-state index contributed by atoms with van der Waals surface area (Å²) in [6, 6.07) is 2.79. The minimum atomic E-state index is -0.685. The summed E-state index contributed by atoms with van der Waals surface area (Å²) in [5, 5.41) is 5.32. The van der Waals surface area contributed by atoms with Gasteiger partial charge in [0.25, 0.3) is 5.91 Å². The molecule has 0 saturated carbocycles. The van der Waals surface area contributed by atoms with E-state index < -0.39 is 23.5 Å². The van der Waals surface area contributed by atoms with Gasteiger partial charge in [0, 0.05) is 34.3 Å². The van der Waals surface area contributed by atoms with Crippen molar-refractivity contribution >= 4 is 45.3 Å². The Morgan fingerprint density at radius 1 is 1.32 bits per heavy atom. The number of ether oxygens (including phenoxy) is 1. The molecule has 1 unspecified atom stereocenters. The first-order chi connectivity index (χ1) is 13.0. The molecule has 0 radical (unpaired) electrons. The third-order valence-corrected chi connectivity index (χ3v) is 4.92. The first kappa shape index (κ1) is 20.3. The van der Waals surface area contributed by atoms with Gasteiger partial charge in [-0.3, -0.25) is 24.5 Å². The predicted molar refractivity (Wildman–Crippen MR) is 105 cm³/mol. The van der Waals surface area contributed by atoms with Crippen molar-refractivity contribution in [3.05, 3.63) is 27.7 Å². The molecule has 2 heterocycles. The van der Waals surface area contributed by atoms with E-state index in [-0.39, 0.29) is 31.3 Å². The summed E-state index contributed by atoms with van der Waals surface area (Å²) in [6.45, 7) is 5.55. The van der Waals surface area contributed by atoms with E-state index in [0.717, 1.165) is 0 Å². The van der Waals surface area contributed by atoms with Crippen LogP contribution in [0, 0.1) is 0 Å². The molecule has 3 amide bonds. The number of nitrogens with zero attached hydrogens (tertiary/aromatic N) is 1. The molecule has 1 aromatic rings. The zero-order valence-corrected chi connectivity index (χ0v) is 17.5. The second-order valence-electron chi connectivity index (χ2n) is 7.82. The molecule has 0 bridgehead atoms. The number of rotatable bonds is 4. The lowest BCUT2D eigenvalue weighted by Gasteiger charge is -2.29. The van der Waals surface area contributed by atoms with Crippen molar-refractivity contribution in [2.24, 2.45) is 0 Å². The van der Waals surface area contributed by atoms with Crippen molar-refractivity contribution in [3.63, 3.8) is 0 Å². The number of hydrogen-bond acceptors (Lipinski definition) is 6. The minimum absolute atomic E-state index is 0.0488. The number of nitrogens with one attached hydrogen (secondary N) is 2. The molecular weight excluding hydrogens is 430 g/mol. The second kappa shape index (κ2) is 7.54. The van der Waals surface area contributed by atoms with Gasteiger partial charge < -0.3 is 15.0 Å².